The second-order valence-electron chi connectivity index (χ2n) is 3.63. The molecule has 0 fully saturated rings. The van der Waals surface area contributed by atoms with E-state index in [1.54, 1.807) is 11.3 Å². The van der Waals surface area contributed by atoms with Gasteiger partial charge in [-0.2, -0.15) is 11.3 Å². The van der Waals surface area contributed by atoms with Crippen molar-refractivity contribution in [1.29, 1.82) is 0 Å². The number of carbonyl (C=O) groups excluding carboxylic acids is 1. The number of nitrogens with one attached hydrogen (secondary N) is 2. The molecule has 0 unspecified atom stereocenters. The summed E-state index contributed by atoms with van der Waals surface area (Å²) in [4.78, 5) is 11.5. The fourth-order valence-electron chi connectivity index (χ4n) is 1.39. The van der Waals surface area contributed by atoms with E-state index in [4.69, 9.17) is 0 Å². The fraction of sp³-hybridized carbons (Fsp3) is 0.154. The van der Waals surface area contributed by atoms with Crippen LogP contribution in [0.25, 0.3) is 0 Å². The first-order valence-electron chi connectivity index (χ1n) is 5.41. The van der Waals surface area contributed by atoms with E-state index in [9.17, 15) is 4.79 Å². The van der Waals surface area contributed by atoms with Crippen LogP contribution in [0.4, 0.5) is 5.69 Å². The largest absolute Gasteiger partial charge is 0.376 e. The molecule has 2 rings (SSSR count). The average molecular weight is 246 g/mol. The lowest BCUT2D eigenvalue weighted by Gasteiger charge is -2.06. The molecule has 1 heterocycles. The fourth-order valence-corrected chi connectivity index (χ4v) is 2.06. The lowest BCUT2D eigenvalue weighted by atomic mass is 10.3. The smallest absolute Gasteiger partial charge is 0.239 e. The Bertz CT molecular complexity index is 454. The molecule has 1 aromatic heterocycles. The molecule has 0 radical (unpaired) electrons. The minimum absolute atomic E-state index is 0.0000491. The standard InChI is InChI=1S/C13H14N2OS/c16-13(15-8-11-6-7-17-10-11)9-14-12-4-2-1-3-5-12/h1-7,10,14H,8-9H2,(H,15,16). The first-order chi connectivity index (χ1) is 8.34. The van der Waals surface area contributed by atoms with Crippen molar-refractivity contribution in [2.75, 3.05) is 11.9 Å². The van der Waals surface area contributed by atoms with Crippen LogP contribution in [0.2, 0.25) is 0 Å². The Morgan fingerprint density at radius 3 is 2.71 bits per heavy atom. The van der Waals surface area contributed by atoms with Crippen LogP contribution >= 0.6 is 11.3 Å². The molecule has 0 saturated heterocycles. The van der Waals surface area contributed by atoms with Crippen LogP contribution in [-0.2, 0) is 11.3 Å². The summed E-state index contributed by atoms with van der Waals surface area (Å²) in [5.41, 5.74) is 2.10. The molecule has 88 valence electrons. The third-order valence-corrected chi connectivity index (χ3v) is 3.03. The Kier molecular flexibility index (Phi) is 4.16. The van der Waals surface area contributed by atoms with Gasteiger partial charge in [-0.25, -0.2) is 0 Å². The Morgan fingerprint density at radius 2 is 2.00 bits per heavy atom. The van der Waals surface area contributed by atoms with Gasteiger partial charge in [0.1, 0.15) is 0 Å². The van der Waals surface area contributed by atoms with E-state index in [2.05, 4.69) is 10.6 Å². The van der Waals surface area contributed by atoms with Crippen LogP contribution in [-0.4, -0.2) is 12.5 Å². The third kappa shape index (κ3) is 3.92. The zero-order valence-corrected chi connectivity index (χ0v) is 10.2. The number of thiophene rings is 1. The van der Waals surface area contributed by atoms with Crippen molar-refractivity contribution in [3.8, 4) is 0 Å². The molecule has 1 aromatic carbocycles. The van der Waals surface area contributed by atoms with Gasteiger partial charge in [-0.15, -0.1) is 0 Å². The van der Waals surface area contributed by atoms with Gasteiger partial charge in [0.2, 0.25) is 5.91 Å². The van der Waals surface area contributed by atoms with Crippen LogP contribution < -0.4 is 10.6 Å². The Morgan fingerprint density at radius 1 is 1.18 bits per heavy atom. The number of rotatable bonds is 5. The zero-order valence-electron chi connectivity index (χ0n) is 9.35. The van der Waals surface area contributed by atoms with Gasteiger partial charge in [-0.1, -0.05) is 18.2 Å². The maximum atomic E-state index is 11.5. The summed E-state index contributed by atoms with van der Waals surface area (Å²) in [5, 5.41) is 9.96. The van der Waals surface area contributed by atoms with Crippen molar-refractivity contribution in [2.45, 2.75) is 6.54 Å². The normalized spacial score (nSPS) is 9.88. The van der Waals surface area contributed by atoms with Crippen molar-refractivity contribution >= 4 is 22.9 Å². The van der Waals surface area contributed by atoms with Gasteiger partial charge < -0.3 is 10.6 Å². The van der Waals surface area contributed by atoms with E-state index in [-0.39, 0.29) is 5.91 Å². The quantitative estimate of drug-likeness (QED) is 0.851. The Hall–Kier alpha value is -1.81. The van der Waals surface area contributed by atoms with Gasteiger partial charge >= 0.3 is 0 Å². The minimum Gasteiger partial charge on any atom is -0.376 e. The molecule has 17 heavy (non-hydrogen) atoms. The van der Waals surface area contributed by atoms with Crippen LogP contribution in [0.1, 0.15) is 5.56 Å². The molecule has 1 amide bonds. The minimum atomic E-state index is 0.0000491. The lowest BCUT2D eigenvalue weighted by Crippen LogP contribution is -2.29. The summed E-state index contributed by atoms with van der Waals surface area (Å²) < 4.78 is 0. The second kappa shape index (κ2) is 6.06. The highest BCUT2D eigenvalue weighted by atomic mass is 32.1. The van der Waals surface area contributed by atoms with Crippen LogP contribution in [0, 0.1) is 0 Å². The molecule has 0 saturated carbocycles. The third-order valence-electron chi connectivity index (χ3n) is 2.30. The summed E-state index contributed by atoms with van der Waals surface area (Å²) in [5.74, 6) is 0.0000491. The molecule has 2 aromatic rings. The SMILES string of the molecule is O=C(CNc1ccccc1)NCc1ccsc1. The molecule has 2 N–H and O–H groups in total. The molecule has 0 aliphatic carbocycles. The topological polar surface area (TPSA) is 41.1 Å². The molecular formula is C13H14N2OS. The number of carbonyl (C=O) groups is 1. The van der Waals surface area contributed by atoms with Gasteiger partial charge in [-0.05, 0) is 34.5 Å². The number of hydrogen-bond acceptors (Lipinski definition) is 3. The monoisotopic (exact) mass is 246 g/mol. The van der Waals surface area contributed by atoms with Gasteiger partial charge in [0, 0.05) is 12.2 Å². The summed E-state index contributed by atoms with van der Waals surface area (Å²) in [6.07, 6.45) is 0. The number of para-hydroxylation sites is 1. The Balaban J connectivity index is 1.71. The molecule has 4 heteroatoms. The molecule has 0 atom stereocenters. The van der Waals surface area contributed by atoms with E-state index in [0.29, 0.717) is 13.1 Å². The number of hydrogen-bond donors (Lipinski definition) is 2. The average Bonchev–Trinajstić information content (AvgIpc) is 2.88. The first kappa shape index (κ1) is 11.7. The molecule has 0 aliphatic rings. The van der Waals surface area contributed by atoms with E-state index in [1.807, 2.05) is 47.2 Å². The first-order valence-corrected chi connectivity index (χ1v) is 6.35. The summed E-state index contributed by atoms with van der Waals surface area (Å²) >= 11 is 1.63. The maximum Gasteiger partial charge on any atom is 0.239 e. The highest BCUT2D eigenvalue weighted by Gasteiger charge is 2.00. The Labute approximate surface area is 104 Å². The summed E-state index contributed by atoms with van der Waals surface area (Å²) in [6, 6.07) is 11.7. The maximum absolute atomic E-state index is 11.5. The van der Waals surface area contributed by atoms with Crippen molar-refractivity contribution in [3.05, 3.63) is 52.7 Å². The van der Waals surface area contributed by atoms with Crippen molar-refractivity contribution in [1.82, 2.24) is 5.32 Å². The second-order valence-corrected chi connectivity index (χ2v) is 4.41. The summed E-state index contributed by atoms with van der Waals surface area (Å²) in [6.45, 7) is 0.896. The highest BCUT2D eigenvalue weighted by molar-refractivity contribution is 7.07. The van der Waals surface area contributed by atoms with E-state index in [1.165, 1.54) is 0 Å². The van der Waals surface area contributed by atoms with Gasteiger partial charge in [-0.3, -0.25) is 4.79 Å². The molecule has 0 bridgehead atoms. The van der Waals surface area contributed by atoms with Gasteiger partial charge in [0.25, 0.3) is 0 Å². The van der Waals surface area contributed by atoms with Crippen molar-refractivity contribution in [3.63, 3.8) is 0 Å². The number of anilines is 1. The summed E-state index contributed by atoms with van der Waals surface area (Å²) in [7, 11) is 0. The lowest BCUT2D eigenvalue weighted by molar-refractivity contribution is -0.119. The van der Waals surface area contributed by atoms with Crippen molar-refractivity contribution in [2.24, 2.45) is 0 Å². The predicted octanol–water partition coefficient (Wildman–Crippen LogP) is 2.48. The van der Waals surface area contributed by atoms with Gasteiger partial charge in [0.15, 0.2) is 0 Å². The van der Waals surface area contributed by atoms with Crippen LogP contribution in [0.15, 0.2) is 47.2 Å². The number of amides is 1. The molecular weight excluding hydrogens is 232 g/mol. The molecule has 0 aliphatic heterocycles. The van der Waals surface area contributed by atoms with Crippen molar-refractivity contribution < 1.29 is 4.79 Å². The van der Waals surface area contributed by atoms with Crippen LogP contribution in [0.5, 0.6) is 0 Å². The number of benzene rings is 1. The predicted molar refractivity (Wildman–Crippen MR) is 71.1 cm³/mol. The van der Waals surface area contributed by atoms with E-state index in [0.717, 1.165) is 11.3 Å². The van der Waals surface area contributed by atoms with Gasteiger partial charge in [0.05, 0.1) is 6.54 Å². The van der Waals surface area contributed by atoms with Crippen LogP contribution in [0.3, 0.4) is 0 Å². The molecule has 3 nitrogen and oxygen atoms in total. The van der Waals surface area contributed by atoms with E-state index >= 15 is 0 Å². The zero-order chi connectivity index (χ0) is 11.9. The van der Waals surface area contributed by atoms with E-state index < -0.39 is 0 Å². The highest BCUT2D eigenvalue weighted by Crippen LogP contribution is 2.05. The molecule has 0 spiro atoms.